The summed E-state index contributed by atoms with van der Waals surface area (Å²) in [6.07, 6.45) is 3.21. The van der Waals surface area contributed by atoms with Gasteiger partial charge in [-0.2, -0.15) is 0 Å². The van der Waals surface area contributed by atoms with E-state index in [9.17, 15) is 9.59 Å². The Hall–Kier alpha value is -2.89. The summed E-state index contributed by atoms with van der Waals surface area (Å²) in [6.45, 7) is 7.56. The molecule has 0 fully saturated rings. The summed E-state index contributed by atoms with van der Waals surface area (Å²) in [7, 11) is 0. The number of nitrogens with zero attached hydrogens (tertiary/aromatic N) is 1. The number of aromatic nitrogens is 1. The molecule has 0 aliphatic carbocycles. The molecule has 0 radical (unpaired) electrons. The first-order valence-corrected chi connectivity index (χ1v) is 7.65. The second kappa shape index (κ2) is 7.12. The second-order valence-corrected chi connectivity index (χ2v) is 6.55. The van der Waals surface area contributed by atoms with Crippen LogP contribution in [0.15, 0.2) is 42.7 Å². The molecule has 0 saturated carbocycles. The standard InChI is InChI=1S/C18H22N4O2/c1-12(23)20-14-5-7-15(8-6-14)21-17(24)13-9-16(11-19-10-13)22-18(2,3)4/h5-11,22H,1-4H3,(H,20,23)(H,21,24). The molecule has 0 saturated heterocycles. The fourth-order valence-electron chi connectivity index (χ4n) is 2.11. The Kier molecular flexibility index (Phi) is 5.18. The Morgan fingerprint density at radius 2 is 1.50 bits per heavy atom. The van der Waals surface area contributed by atoms with Crippen LogP contribution in [0.2, 0.25) is 0 Å². The normalized spacial score (nSPS) is 10.8. The number of carbonyl (C=O) groups is 2. The number of anilines is 3. The number of amides is 2. The van der Waals surface area contributed by atoms with E-state index in [1.165, 1.54) is 13.1 Å². The van der Waals surface area contributed by atoms with Crippen LogP contribution in [0.25, 0.3) is 0 Å². The summed E-state index contributed by atoms with van der Waals surface area (Å²) in [5.41, 5.74) is 2.46. The van der Waals surface area contributed by atoms with E-state index >= 15 is 0 Å². The molecule has 2 amide bonds. The van der Waals surface area contributed by atoms with Gasteiger partial charge in [-0.05, 0) is 51.1 Å². The molecule has 1 aromatic heterocycles. The van der Waals surface area contributed by atoms with E-state index < -0.39 is 0 Å². The van der Waals surface area contributed by atoms with Crippen molar-refractivity contribution in [2.75, 3.05) is 16.0 Å². The van der Waals surface area contributed by atoms with Gasteiger partial charge in [-0.3, -0.25) is 14.6 Å². The highest BCUT2D eigenvalue weighted by atomic mass is 16.2. The van der Waals surface area contributed by atoms with Crippen LogP contribution in [0.1, 0.15) is 38.1 Å². The molecule has 126 valence electrons. The number of pyridine rings is 1. The summed E-state index contributed by atoms with van der Waals surface area (Å²) in [5, 5.41) is 8.77. The second-order valence-electron chi connectivity index (χ2n) is 6.55. The van der Waals surface area contributed by atoms with E-state index in [-0.39, 0.29) is 17.4 Å². The molecule has 6 heteroatoms. The molecule has 0 aliphatic rings. The van der Waals surface area contributed by atoms with Gasteiger partial charge in [0.25, 0.3) is 5.91 Å². The Morgan fingerprint density at radius 3 is 2.04 bits per heavy atom. The Morgan fingerprint density at radius 1 is 0.917 bits per heavy atom. The number of hydrogen-bond donors (Lipinski definition) is 3. The largest absolute Gasteiger partial charge is 0.379 e. The van der Waals surface area contributed by atoms with Crippen LogP contribution in [-0.2, 0) is 4.79 Å². The minimum Gasteiger partial charge on any atom is -0.379 e. The van der Waals surface area contributed by atoms with Crippen molar-refractivity contribution < 1.29 is 9.59 Å². The topological polar surface area (TPSA) is 83.1 Å². The molecular weight excluding hydrogens is 304 g/mol. The lowest BCUT2D eigenvalue weighted by Crippen LogP contribution is -2.26. The maximum Gasteiger partial charge on any atom is 0.257 e. The van der Waals surface area contributed by atoms with Gasteiger partial charge in [0.2, 0.25) is 5.91 Å². The van der Waals surface area contributed by atoms with E-state index in [0.717, 1.165) is 5.69 Å². The third-order valence-electron chi connectivity index (χ3n) is 2.98. The lowest BCUT2D eigenvalue weighted by molar-refractivity contribution is -0.114. The predicted octanol–water partition coefficient (Wildman–Crippen LogP) is 3.50. The predicted molar refractivity (Wildman–Crippen MR) is 96.3 cm³/mol. The van der Waals surface area contributed by atoms with Crippen molar-refractivity contribution in [1.82, 2.24) is 4.98 Å². The van der Waals surface area contributed by atoms with Crippen LogP contribution in [0, 0.1) is 0 Å². The molecule has 0 spiro atoms. The average molecular weight is 326 g/mol. The van der Waals surface area contributed by atoms with Gasteiger partial charge in [0.1, 0.15) is 0 Å². The third kappa shape index (κ3) is 5.39. The van der Waals surface area contributed by atoms with Crippen molar-refractivity contribution in [1.29, 1.82) is 0 Å². The van der Waals surface area contributed by atoms with Crippen molar-refractivity contribution in [2.24, 2.45) is 0 Å². The smallest absolute Gasteiger partial charge is 0.257 e. The molecule has 0 bridgehead atoms. The number of carbonyl (C=O) groups excluding carboxylic acids is 2. The molecule has 0 aliphatic heterocycles. The van der Waals surface area contributed by atoms with Crippen molar-refractivity contribution in [3.8, 4) is 0 Å². The van der Waals surface area contributed by atoms with Crippen molar-refractivity contribution >= 4 is 28.9 Å². The first-order chi connectivity index (χ1) is 11.2. The fraction of sp³-hybridized carbons (Fsp3) is 0.278. The van der Waals surface area contributed by atoms with E-state index in [2.05, 4.69) is 20.9 Å². The molecule has 1 heterocycles. The lowest BCUT2D eigenvalue weighted by Gasteiger charge is -2.22. The van der Waals surface area contributed by atoms with E-state index in [1.54, 1.807) is 36.5 Å². The van der Waals surface area contributed by atoms with Crippen LogP contribution >= 0.6 is 0 Å². The fourth-order valence-corrected chi connectivity index (χ4v) is 2.11. The van der Waals surface area contributed by atoms with Gasteiger partial charge in [0, 0.05) is 36.2 Å². The summed E-state index contributed by atoms with van der Waals surface area (Å²) < 4.78 is 0. The molecule has 0 unspecified atom stereocenters. The van der Waals surface area contributed by atoms with E-state index in [1.807, 2.05) is 20.8 Å². The van der Waals surface area contributed by atoms with Gasteiger partial charge in [-0.1, -0.05) is 0 Å². The van der Waals surface area contributed by atoms with Gasteiger partial charge in [-0.15, -0.1) is 0 Å². The Bertz CT molecular complexity index is 733. The first kappa shape index (κ1) is 17.5. The van der Waals surface area contributed by atoms with Crippen molar-refractivity contribution in [3.63, 3.8) is 0 Å². The van der Waals surface area contributed by atoms with E-state index in [4.69, 9.17) is 0 Å². The highest BCUT2D eigenvalue weighted by Gasteiger charge is 2.12. The molecule has 2 rings (SSSR count). The minimum absolute atomic E-state index is 0.115. The number of rotatable bonds is 4. The van der Waals surface area contributed by atoms with Crippen LogP contribution in [0.3, 0.4) is 0 Å². The Balaban J connectivity index is 2.07. The zero-order valence-electron chi connectivity index (χ0n) is 14.3. The SMILES string of the molecule is CC(=O)Nc1ccc(NC(=O)c2cncc(NC(C)(C)C)c2)cc1. The molecule has 0 atom stereocenters. The summed E-state index contributed by atoms with van der Waals surface area (Å²) in [5.74, 6) is -0.381. The van der Waals surface area contributed by atoms with E-state index in [0.29, 0.717) is 16.9 Å². The van der Waals surface area contributed by atoms with Gasteiger partial charge in [0.05, 0.1) is 11.3 Å². The van der Waals surface area contributed by atoms with Gasteiger partial charge < -0.3 is 16.0 Å². The van der Waals surface area contributed by atoms with Crippen LogP contribution in [0.5, 0.6) is 0 Å². The summed E-state index contributed by atoms with van der Waals surface area (Å²) in [4.78, 5) is 27.5. The van der Waals surface area contributed by atoms with Crippen molar-refractivity contribution in [3.05, 3.63) is 48.3 Å². The van der Waals surface area contributed by atoms with Gasteiger partial charge >= 0.3 is 0 Å². The van der Waals surface area contributed by atoms with Crippen LogP contribution in [-0.4, -0.2) is 22.3 Å². The maximum atomic E-state index is 12.3. The number of hydrogen-bond acceptors (Lipinski definition) is 4. The van der Waals surface area contributed by atoms with Crippen LogP contribution in [0.4, 0.5) is 17.1 Å². The highest BCUT2D eigenvalue weighted by Crippen LogP contribution is 2.17. The minimum atomic E-state index is -0.243. The summed E-state index contributed by atoms with van der Waals surface area (Å²) >= 11 is 0. The number of benzene rings is 1. The van der Waals surface area contributed by atoms with Crippen LogP contribution < -0.4 is 16.0 Å². The molecule has 1 aromatic carbocycles. The molecule has 2 aromatic rings. The van der Waals surface area contributed by atoms with Gasteiger partial charge in [-0.25, -0.2) is 0 Å². The molecule has 6 nitrogen and oxygen atoms in total. The molecular formula is C18H22N4O2. The molecule has 24 heavy (non-hydrogen) atoms. The van der Waals surface area contributed by atoms with Crippen molar-refractivity contribution in [2.45, 2.75) is 33.2 Å². The zero-order chi connectivity index (χ0) is 17.7. The van der Waals surface area contributed by atoms with Gasteiger partial charge in [0.15, 0.2) is 0 Å². The third-order valence-corrected chi connectivity index (χ3v) is 2.98. The average Bonchev–Trinajstić information content (AvgIpc) is 2.47. The maximum absolute atomic E-state index is 12.3. The monoisotopic (exact) mass is 326 g/mol. The quantitative estimate of drug-likeness (QED) is 0.803. The molecule has 3 N–H and O–H groups in total. The Labute approximate surface area is 141 Å². The summed E-state index contributed by atoms with van der Waals surface area (Å²) in [6, 6.07) is 8.68. The zero-order valence-corrected chi connectivity index (χ0v) is 14.3. The number of nitrogens with one attached hydrogen (secondary N) is 3. The first-order valence-electron chi connectivity index (χ1n) is 7.65. The lowest BCUT2D eigenvalue weighted by atomic mass is 10.1. The highest BCUT2D eigenvalue weighted by molar-refractivity contribution is 6.04.